The molecule has 2 rings (SSSR count). The van der Waals surface area contributed by atoms with E-state index < -0.39 is 10.1 Å². The molecule has 1 aliphatic heterocycles. The normalized spacial score (nSPS) is 17.4. The maximum atomic E-state index is 12.0. The Labute approximate surface area is 127 Å². The third-order valence-corrected chi connectivity index (χ3v) is 5.54. The highest BCUT2D eigenvalue weighted by Crippen LogP contribution is 2.36. The Morgan fingerprint density at radius 1 is 1.19 bits per heavy atom. The number of hydrogen-bond acceptors (Lipinski definition) is 4. The topological polar surface area (TPSA) is 52.6 Å². The molecular weight excluding hydrogens is 288 g/mol. The lowest BCUT2D eigenvalue weighted by Gasteiger charge is -2.41. The van der Waals surface area contributed by atoms with Gasteiger partial charge in [0.25, 0.3) is 10.1 Å². The molecule has 1 aromatic carbocycles. The predicted molar refractivity (Wildman–Crippen MR) is 81.7 cm³/mol. The fourth-order valence-electron chi connectivity index (χ4n) is 2.46. The first-order valence-electron chi connectivity index (χ1n) is 7.51. The zero-order valence-electron chi connectivity index (χ0n) is 12.8. The van der Waals surface area contributed by atoms with E-state index in [1.54, 1.807) is 24.3 Å². The van der Waals surface area contributed by atoms with Gasteiger partial charge >= 0.3 is 0 Å². The maximum absolute atomic E-state index is 12.0. The van der Waals surface area contributed by atoms with E-state index in [4.69, 9.17) is 8.92 Å². The van der Waals surface area contributed by atoms with Crippen molar-refractivity contribution in [1.29, 1.82) is 0 Å². The summed E-state index contributed by atoms with van der Waals surface area (Å²) in [6.45, 7) is 6.03. The Bertz CT molecular complexity index is 539. The average Bonchev–Trinajstić information content (AvgIpc) is 2.41. The van der Waals surface area contributed by atoms with Crippen molar-refractivity contribution >= 4 is 10.1 Å². The van der Waals surface area contributed by atoms with Gasteiger partial charge in [0.2, 0.25) is 0 Å². The summed E-state index contributed by atoms with van der Waals surface area (Å²) in [5.74, 6) is 0. The second-order valence-electron chi connectivity index (χ2n) is 5.89. The van der Waals surface area contributed by atoms with E-state index in [0.717, 1.165) is 44.5 Å². The molecule has 1 fully saturated rings. The molecule has 118 valence electrons. The van der Waals surface area contributed by atoms with Gasteiger partial charge in [0.05, 0.1) is 24.7 Å². The van der Waals surface area contributed by atoms with E-state index in [-0.39, 0.29) is 11.5 Å². The number of benzene rings is 1. The Hall–Kier alpha value is -0.910. The molecule has 21 heavy (non-hydrogen) atoms. The summed E-state index contributed by atoms with van der Waals surface area (Å²) in [6.07, 6.45) is 3.93. The Balaban J connectivity index is 1.74. The highest BCUT2D eigenvalue weighted by atomic mass is 32.2. The van der Waals surface area contributed by atoms with Gasteiger partial charge in [-0.2, -0.15) is 8.42 Å². The standard InChI is InChI=1S/C16H24O4S/c1-3-16(12-19-13-16)10-4-5-11-20-21(17,18)15-8-6-14(2)7-9-15/h6-9H,3-5,10-13H2,1-2H3. The smallest absolute Gasteiger partial charge is 0.296 e. The summed E-state index contributed by atoms with van der Waals surface area (Å²) in [6, 6.07) is 6.72. The van der Waals surface area contributed by atoms with Crippen molar-refractivity contribution in [3.05, 3.63) is 29.8 Å². The van der Waals surface area contributed by atoms with E-state index in [1.807, 2.05) is 6.92 Å². The molecule has 0 radical (unpaired) electrons. The number of ether oxygens (including phenoxy) is 1. The largest absolute Gasteiger partial charge is 0.380 e. The molecule has 0 unspecified atom stereocenters. The van der Waals surface area contributed by atoms with Gasteiger partial charge in [0.1, 0.15) is 0 Å². The molecule has 0 saturated carbocycles. The third-order valence-electron chi connectivity index (χ3n) is 4.22. The molecule has 0 atom stereocenters. The van der Waals surface area contributed by atoms with Gasteiger partial charge in [-0.3, -0.25) is 4.18 Å². The van der Waals surface area contributed by atoms with Gasteiger partial charge in [-0.15, -0.1) is 0 Å². The summed E-state index contributed by atoms with van der Waals surface area (Å²) < 4.78 is 34.3. The van der Waals surface area contributed by atoms with Crippen LogP contribution in [0.3, 0.4) is 0 Å². The summed E-state index contributed by atoms with van der Waals surface area (Å²) in [7, 11) is -3.61. The fraction of sp³-hybridized carbons (Fsp3) is 0.625. The van der Waals surface area contributed by atoms with Crippen molar-refractivity contribution in [2.75, 3.05) is 19.8 Å². The second-order valence-corrected chi connectivity index (χ2v) is 7.51. The Kier molecular flexibility index (Phi) is 5.41. The molecule has 0 spiro atoms. The highest BCUT2D eigenvalue weighted by Gasteiger charge is 2.35. The highest BCUT2D eigenvalue weighted by molar-refractivity contribution is 7.86. The van der Waals surface area contributed by atoms with Crippen LogP contribution in [0, 0.1) is 12.3 Å². The minimum absolute atomic E-state index is 0.227. The van der Waals surface area contributed by atoms with Crippen LogP contribution in [0.5, 0.6) is 0 Å². The first-order chi connectivity index (χ1) is 9.97. The second kappa shape index (κ2) is 6.90. The molecule has 0 aromatic heterocycles. The predicted octanol–water partition coefficient (Wildman–Crippen LogP) is 3.30. The van der Waals surface area contributed by atoms with Crippen LogP contribution < -0.4 is 0 Å². The molecule has 1 saturated heterocycles. The van der Waals surface area contributed by atoms with Crippen LogP contribution in [0.15, 0.2) is 29.2 Å². The molecule has 0 N–H and O–H groups in total. The van der Waals surface area contributed by atoms with Crippen molar-refractivity contribution in [2.24, 2.45) is 5.41 Å². The molecule has 4 nitrogen and oxygen atoms in total. The van der Waals surface area contributed by atoms with Gasteiger partial charge < -0.3 is 4.74 Å². The van der Waals surface area contributed by atoms with E-state index >= 15 is 0 Å². The molecule has 5 heteroatoms. The van der Waals surface area contributed by atoms with Gasteiger partial charge in [-0.1, -0.05) is 31.0 Å². The van der Waals surface area contributed by atoms with Gasteiger partial charge in [0.15, 0.2) is 0 Å². The van der Waals surface area contributed by atoms with Crippen molar-refractivity contribution in [1.82, 2.24) is 0 Å². The van der Waals surface area contributed by atoms with E-state index in [1.165, 1.54) is 0 Å². The van der Waals surface area contributed by atoms with Crippen LogP contribution >= 0.6 is 0 Å². The van der Waals surface area contributed by atoms with Crippen LogP contribution in [0.1, 0.15) is 38.2 Å². The Morgan fingerprint density at radius 2 is 1.86 bits per heavy atom. The summed E-state index contributed by atoms with van der Waals surface area (Å²) in [5, 5.41) is 0. The first-order valence-corrected chi connectivity index (χ1v) is 8.92. The lowest BCUT2D eigenvalue weighted by molar-refractivity contribution is -0.120. The number of aryl methyl sites for hydroxylation is 1. The lowest BCUT2D eigenvalue weighted by Crippen LogP contribution is -2.41. The monoisotopic (exact) mass is 312 g/mol. The number of rotatable bonds is 8. The van der Waals surface area contributed by atoms with Gasteiger partial charge in [-0.05, 0) is 38.3 Å². The van der Waals surface area contributed by atoms with Gasteiger partial charge in [-0.25, -0.2) is 0 Å². The minimum atomic E-state index is -3.61. The SMILES string of the molecule is CCC1(CCCCOS(=O)(=O)c2ccc(C)cc2)COC1. The number of hydrogen-bond donors (Lipinski definition) is 0. The molecule has 1 aliphatic rings. The molecule has 0 bridgehead atoms. The molecule has 0 aliphatic carbocycles. The molecule has 1 aromatic rings. The molecule has 0 amide bonds. The number of unbranched alkanes of at least 4 members (excludes halogenated alkanes) is 1. The Morgan fingerprint density at radius 3 is 2.38 bits per heavy atom. The quantitative estimate of drug-likeness (QED) is 0.546. The first kappa shape index (κ1) is 16.5. The summed E-state index contributed by atoms with van der Waals surface area (Å²) in [4.78, 5) is 0.227. The zero-order chi connectivity index (χ0) is 15.3. The zero-order valence-corrected chi connectivity index (χ0v) is 13.6. The van der Waals surface area contributed by atoms with E-state index in [2.05, 4.69) is 6.92 Å². The van der Waals surface area contributed by atoms with Crippen LogP contribution in [0.2, 0.25) is 0 Å². The summed E-state index contributed by atoms with van der Waals surface area (Å²) >= 11 is 0. The van der Waals surface area contributed by atoms with Crippen molar-refractivity contribution in [3.63, 3.8) is 0 Å². The fourth-order valence-corrected chi connectivity index (χ4v) is 3.40. The van der Waals surface area contributed by atoms with Crippen molar-refractivity contribution in [2.45, 2.75) is 44.4 Å². The van der Waals surface area contributed by atoms with Crippen LogP contribution in [-0.4, -0.2) is 28.2 Å². The van der Waals surface area contributed by atoms with Crippen LogP contribution in [0.4, 0.5) is 0 Å². The maximum Gasteiger partial charge on any atom is 0.296 e. The third kappa shape index (κ3) is 4.28. The van der Waals surface area contributed by atoms with E-state index in [9.17, 15) is 8.42 Å². The molecular formula is C16H24O4S. The lowest BCUT2D eigenvalue weighted by atomic mass is 9.78. The molecule has 1 heterocycles. The minimum Gasteiger partial charge on any atom is -0.380 e. The van der Waals surface area contributed by atoms with Crippen molar-refractivity contribution < 1.29 is 17.3 Å². The summed E-state index contributed by atoms with van der Waals surface area (Å²) in [5.41, 5.74) is 1.36. The van der Waals surface area contributed by atoms with Crippen LogP contribution in [0.25, 0.3) is 0 Å². The van der Waals surface area contributed by atoms with Gasteiger partial charge in [0, 0.05) is 5.41 Å². The van der Waals surface area contributed by atoms with E-state index in [0.29, 0.717) is 5.41 Å². The van der Waals surface area contributed by atoms with Crippen LogP contribution in [-0.2, 0) is 19.0 Å². The average molecular weight is 312 g/mol. The van der Waals surface area contributed by atoms with Crippen molar-refractivity contribution in [3.8, 4) is 0 Å².